The van der Waals surface area contributed by atoms with Crippen molar-refractivity contribution in [1.82, 2.24) is 5.32 Å². The van der Waals surface area contributed by atoms with Gasteiger partial charge in [0.25, 0.3) is 0 Å². The average Bonchev–Trinajstić information content (AvgIpc) is 2.69. The lowest BCUT2D eigenvalue weighted by atomic mass is 10.0. The maximum absolute atomic E-state index is 11.2. The number of hydrogen-bond donors (Lipinski definition) is 2. The smallest absolute Gasteiger partial charge is 0.0474 e. The third kappa shape index (κ3) is 3.02. The number of aliphatic hydroxyl groups is 1. The van der Waals surface area contributed by atoms with Crippen LogP contribution in [0.25, 0.3) is 0 Å². The van der Waals surface area contributed by atoms with Gasteiger partial charge in [-0.1, -0.05) is 6.42 Å². The molecule has 0 radical (unpaired) electrons. The van der Waals surface area contributed by atoms with E-state index < -0.39 is 10.8 Å². The molecule has 1 heterocycles. The lowest BCUT2D eigenvalue weighted by molar-refractivity contribution is 0.198. The molecule has 2 fully saturated rings. The van der Waals surface area contributed by atoms with Crippen molar-refractivity contribution in [3.05, 3.63) is 0 Å². The van der Waals surface area contributed by atoms with Gasteiger partial charge in [0.05, 0.1) is 0 Å². The minimum absolute atomic E-state index is 0.316. The van der Waals surface area contributed by atoms with Gasteiger partial charge in [-0.15, -0.1) is 0 Å². The zero-order valence-corrected chi connectivity index (χ0v) is 9.97. The van der Waals surface area contributed by atoms with Crippen LogP contribution in [0.5, 0.6) is 0 Å². The summed E-state index contributed by atoms with van der Waals surface area (Å²) in [5.74, 6) is 2.17. The maximum Gasteiger partial charge on any atom is 0.0474 e. The Kier molecular flexibility index (Phi) is 4.17. The van der Waals surface area contributed by atoms with Gasteiger partial charge in [0.15, 0.2) is 0 Å². The van der Waals surface area contributed by atoms with Crippen LogP contribution in [0.2, 0.25) is 0 Å². The standard InChI is InChI=1S/C11H21NO2S/c13-8-9-2-1-3-11(9)12-10-4-6-15(14)7-5-10/h9-13H,1-8H2. The highest BCUT2D eigenvalue weighted by atomic mass is 32.2. The quantitative estimate of drug-likeness (QED) is 0.750. The van der Waals surface area contributed by atoms with Gasteiger partial charge in [0, 0.05) is 41.0 Å². The fraction of sp³-hybridized carbons (Fsp3) is 1.00. The predicted molar refractivity (Wildman–Crippen MR) is 62.2 cm³/mol. The van der Waals surface area contributed by atoms with Crippen molar-refractivity contribution in [3.63, 3.8) is 0 Å². The Morgan fingerprint density at radius 3 is 2.60 bits per heavy atom. The van der Waals surface area contributed by atoms with Crippen LogP contribution in [0, 0.1) is 5.92 Å². The fourth-order valence-corrected chi connectivity index (χ4v) is 4.04. The van der Waals surface area contributed by atoms with E-state index in [-0.39, 0.29) is 0 Å². The highest BCUT2D eigenvalue weighted by Gasteiger charge is 2.29. The van der Waals surface area contributed by atoms with E-state index in [1.165, 1.54) is 12.8 Å². The predicted octanol–water partition coefficient (Wildman–Crippen LogP) is 0.648. The SMILES string of the molecule is O=S1CCC(NC2CCCC2CO)CC1. The summed E-state index contributed by atoms with van der Waals surface area (Å²) in [6.45, 7) is 0.316. The summed E-state index contributed by atoms with van der Waals surface area (Å²) in [6, 6.07) is 1.05. The molecule has 2 rings (SSSR count). The van der Waals surface area contributed by atoms with Crippen molar-refractivity contribution in [1.29, 1.82) is 0 Å². The normalized spacial score (nSPS) is 41.9. The van der Waals surface area contributed by atoms with Crippen molar-refractivity contribution < 1.29 is 9.32 Å². The van der Waals surface area contributed by atoms with Crippen LogP contribution in [-0.4, -0.2) is 39.5 Å². The van der Waals surface area contributed by atoms with Crippen molar-refractivity contribution in [2.75, 3.05) is 18.1 Å². The van der Waals surface area contributed by atoms with Crippen LogP contribution in [-0.2, 0) is 10.8 Å². The van der Waals surface area contributed by atoms with Crippen LogP contribution in [0.15, 0.2) is 0 Å². The Labute approximate surface area is 94.1 Å². The molecule has 3 nitrogen and oxygen atoms in total. The second-order valence-corrected chi connectivity index (χ2v) is 6.47. The molecule has 4 heteroatoms. The highest BCUT2D eigenvalue weighted by Crippen LogP contribution is 2.26. The molecule has 0 spiro atoms. The van der Waals surface area contributed by atoms with Crippen molar-refractivity contribution in [3.8, 4) is 0 Å². The van der Waals surface area contributed by atoms with Gasteiger partial charge in [-0.25, -0.2) is 0 Å². The Morgan fingerprint density at radius 2 is 1.93 bits per heavy atom. The third-order valence-corrected chi connectivity index (χ3v) is 5.11. The van der Waals surface area contributed by atoms with E-state index in [0.717, 1.165) is 30.8 Å². The van der Waals surface area contributed by atoms with Crippen LogP contribution >= 0.6 is 0 Å². The second kappa shape index (κ2) is 5.41. The van der Waals surface area contributed by atoms with E-state index in [2.05, 4.69) is 5.32 Å². The summed E-state index contributed by atoms with van der Waals surface area (Å²) in [5, 5.41) is 12.9. The van der Waals surface area contributed by atoms with Crippen molar-refractivity contribution in [2.45, 2.75) is 44.2 Å². The summed E-state index contributed by atoms with van der Waals surface area (Å²) in [7, 11) is -0.564. The molecule has 15 heavy (non-hydrogen) atoms. The van der Waals surface area contributed by atoms with Gasteiger partial charge in [-0.3, -0.25) is 4.21 Å². The topological polar surface area (TPSA) is 49.3 Å². The monoisotopic (exact) mass is 231 g/mol. The Morgan fingerprint density at radius 1 is 1.20 bits per heavy atom. The van der Waals surface area contributed by atoms with Gasteiger partial charge in [0.1, 0.15) is 0 Å². The molecular formula is C11H21NO2S. The van der Waals surface area contributed by atoms with Crippen LogP contribution in [0.1, 0.15) is 32.1 Å². The molecular weight excluding hydrogens is 210 g/mol. The summed E-state index contributed by atoms with van der Waals surface area (Å²) < 4.78 is 11.2. The lowest BCUT2D eigenvalue weighted by Crippen LogP contribution is -2.44. The van der Waals surface area contributed by atoms with E-state index >= 15 is 0 Å². The second-order valence-electron chi connectivity index (χ2n) is 4.77. The number of aliphatic hydroxyl groups excluding tert-OH is 1. The summed E-state index contributed by atoms with van der Waals surface area (Å²) in [5.41, 5.74) is 0. The summed E-state index contributed by atoms with van der Waals surface area (Å²) in [6.07, 6.45) is 5.68. The zero-order valence-electron chi connectivity index (χ0n) is 9.15. The largest absolute Gasteiger partial charge is 0.396 e. The van der Waals surface area contributed by atoms with Gasteiger partial charge in [-0.05, 0) is 31.6 Å². The lowest BCUT2D eigenvalue weighted by Gasteiger charge is -2.28. The van der Waals surface area contributed by atoms with Crippen molar-refractivity contribution in [2.24, 2.45) is 5.92 Å². The molecule has 0 aromatic carbocycles. The molecule has 0 aromatic rings. The van der Waals surface area contributed by atoms with Gasteiger partial charge < -0.3 is 10.4 Å². The number of nitrogens with one attached hydrogen (secondary N) is 1. The van der Waals surface area contributed by atoms with E-state index in [0.29, 0.717) is 24.6 Å². The van der Waals surface area contributed by atoms with Crippen LogP contribution in [0.4, 0.5) is 0 Å². The molecule has 88 valence electrons. The van der Waals surface area contributed by atoms with E-state index in [1.807, 2.05) is 0 Å². The first-order chi connectivity index (χ1) is 7.29. The molecule has 0 amide bonds. The number of rotatable bonds is 3. The molecule has 0 bridgehead atoms. The Bertz CT molecular complexity index is 225. The first-order valence-corrected chi connectivity index (χ1v) is 7.50. The first-order valence-electron chi connectivity index (χ1n) is 6.01. The van der Waals surface area contributed by atoms with Crippen LogP contribution in [0.3, 0.4) is 0 Å². The number of hydrogen-bond acceptors (Lipinski definition) is 3. The zero-order chi connectivity index (χ0) is 10.7. The molecule has 1 saturated carbocycles. The van der Waals surface area contributed by atoms with E-state index in [1.54, 1.807) is 0 Å². The third-order valence-electron chi connectivity index (χ3n) is 3.73. The maximum atomic E-state index is 11.2. The molecule has 2 atom stereocenters. The van der Waals surface area contributed by atoms with E-state index in [4.69, 9.17) is 0 Å². The van der Waals surface area contributed by atoms with Gasteiger partial charge in [-0.2, -0.15) is 0 Å². The van der Waals surface area contributed by atoms with Gasteiger partial charge in [0.2, 0.25) is 0 Å². The minimum atomic E-state index is -0.564. The van der Waals surface area contributed by atoms with Crippen molar-refractivity contribution >= 4 is 10.8 Å². The average molecular weight is 231 g/mol. The molecule has 2 aliphatic rings. The highest BCUT2D eigenvalue weighted by molar-refractivity contribution is 7.85. The molecule has 0 aromatic heterocycles. The summed E-state index contributed by atoms with van der Waals surface area (Å²) >= 11 is 0. The van der Waals surface area contributed by atoms with E-state index in [9.17, 15) is 9.32 Å². The van der Waals surface area contributed by atoms with Gasteiger partial charge >= 0.3 is 0 Å². The molecule has 1 aliphatic carbocycles. The Hall–Kier alpha value is 0.0700. The Balaban J connectivity index is 1.78. The first kappa shape index (κ1) is 11.6. The molecule has 2 unspecified atom stereocenters. The minimum Gasteiger partial charge on any atom is -0.396 e. The molecule has 2 N–H and O–H groups in total. The molecule has 1 aliphatic heterocycles. The molecule has 1 saturated heterocycles. The summed E-state index contributed by atoms with van der Waals surface area (Å²) in [4.78, 5) is 0. The van der Waals surface area contributed by atoms with Crippen LogP contribution < -0.4 is 5.32 Å². The fourth-order valence-electron chi connectivity index (χ4n) is 2.74.